The first kappa shape index (κ1) is 14.2. The van der Waals surface area contributed by atoms with Gasteiger partial charge in [-0.1, -0.05) is 29.8 Å². The predicted molar refractivity (Wildman–Crippen MR) is 83.0 cm³/mol. The molecule has 0 amide bonds. The maximum absolute atomic E-state index is 12.5. The van der Waals surface area contributed by atoms with Gasteiger partial charge in [0.1, 0.15) is 16.5 Å². The Morgan fingerprint density at radius 3 is 2.41 bits per heavy atom. The van der Waals surface area contributed by atoms with Gasteiger partial charge >= 0.3 is 5.56 Å². The number of aromatic hydroxyl groups is 1. The van der Waals surface area contributed by atoms with Crippen LogP contribution in [0.2, 0.25) is 5.02 Å². The molecular formula is C16H11ClN2O3. The van der Waals surface area contributed by atoms with Crippen molar-refractivity contribution in [2.45, 2.75) is 0 Å². The minimum Gasteiger partial charge on any atom is -0.508 e. The first-order chi connectivity index (χ1) is 10.6. The van der Waals surface area contributed by atoms with E-state index in [0.717, 1.165) is 0 Å². The standard InChI is InChI=1S/C16H11ClN2O3/c17-14-10-18-19(11-4-2-1-3-5-11)16(21)15(14)22-13-8-6-12(20)7-9-13/h1-10,20H. The molecule has 0 aliphatic heterocycles. The van der Waals surface area contributed by atoms with E-state index >= 15 is 0 Å². The second kappa shape index (κ2) is 5.91. The van der Waals surface area contributed by atoms with Crippen LogP contribution >= 0.6 is 11.6 Å². The fraction of sp³-hybridized carbons (Fsp3) is 0. The molecule has 22 heavy (non-hydrogen) atoms. The molecule has 0 spiro atoms. The van der Waals surface area contributed by atoms with Crippen LogP contribution in [0.15, 0.2) is 65.6 Å². The summed E-state index contributed by atoms with van der Waals surface area (Å²) in [6.07, 6.45) is 1.35. The number of benzene rings is 2. The Kier molecular flexibility index (Phi) is 3.80. The van der Waals surface area contributed by atoms with Gasteiger partial charge in [-0.05, 0) is 36.4 Å². The number of aromatic nitrogens is 2. The van der Waals surface area contributed by atoms with Crippen LogP contribution in [-0.2, 0) is 0 Å². The Hall–Kier alpha value is -2.79. The highest BCUT2D eigenvalue weighted by Gasteiger charge is 2.13. The van der Waals surface area contributed by atoms with E-state index in [0.29, 0.717) is 11.4 Å². The molecule has 0 aliphatic carbocycles. The van der Waals surface area contributed by atoms with Crippen molar-refractivity contribution in [3.05, 3.63) is 76.2 Å². The van der Waals surface area contributed by atoms with Crippen LogP contribution in [0.3, 0.4) is 0 Å². The summed E-state index contributed by atoms with van der Waals surface area (Å²) in [6, 6.07) is 15.0. The molecule has 3 aromatic rings. The third kappa shape index (κ3) is 2.80. The zero-order chi connectivity index (χ0) is 15.5. The van der Waals surface area contributed by atoms with Crippen LogP contribution in [0, 0.1) is 0 Å². The molecule has 0 bridgehead atoms. The third-order valence-electron chi connectivity index (χ3n) is 2.95. The summed E-state index contributed by atoms with van der Waals surface area (Å²) in [5, 5.41) is 13.4. The van der Waals surface area contributed by atoms with Gasteiger partial charge in [-0.2, -0.15) is 9.78 Å². The Bertz CT molecular complexity index is 846. The van der Waals surface area contributed by atoms with Crippen molar-refractivity contribution in [2.24, 2.45) is 0 Å². The molecule has 5 nitrogen and oxygen atoms in total. The monoisotopic (exact) mass is 314 g/mol. The normalized spacial score (nSPS) is 10.4. The molecule has 1 heterocycles. The summed E-state index contributed by atoms with van der Waals surface area (Å²) < 4.78 is 6.75. The highest BCUT2D eigenvalue weighted by Crippen LogP contribution is 2.26. The largest absolute Gasteiger partial charge is 0.508 e. The van der Waals surface area contributed by atoms with Crippen LogP contribution in [0.1, 0.15) is 0 Å². The fourth-order valence-electron chi connectivity index (χ4n) is 1.90. The lowest BCUT2D eigenvalue weighted by atomic mass is 10.3. The van der Waals surface area contributed by atoms with Crippen molar-refractivity contribution in [1.29, 1.82) is 0 Å². The van der Waals surface area contributed by atoms with Gasteiger partial charge in [-0.25, -0.2) is 0 Å². The molecule has 0 atom stereocenters. The molecule has 1 aromatic heterocycles. The zero-order valence-corrected chi connectivity index (χ0v) is 12.1. The van der Waals surface area contributed by atoms with Crippen molar-refractivity contribution in [1.82, 2.24) is 9.78 Å². The molecule has 0 aliphatic rings. The van der Waals surface area contributed by atoms with Gasteiger partial charge in [0.2, 0.25) is 5.75 Å². The molecule has 2 aromatic carbocycles. The summed E-state index contributed by atoms with van der Waals surface area (Å²) in [6.45, 7) is 0. The quantitative estimate of drug-likeness (QED) is 0.805. The molecular weight excluding hydrogens is 304 g/mol. The minimum atomic E-state index is -0.466. The van der Waals surface area contributed by atoms with Crippen LogP contribution in [0.4, 0.5) is 0 Å². The summed E-state index contributed by atoms with van der Waals surface area (Å²) in [5.41, 5.74) is 0.145. The van der Waals surface area contributed by atoms with E-state index in [2.05, 4.69) is 5.10 Å². The Labute approximate surface area is 131 Å². The number of rotatable bonds is 3. The van der Waals surface area contributed by atoms with Gasteiger partial charge < -0.3 is 9.84 Å². The summed E-state index contributed by atoms with van der Waals surface area (Å²) in [7, 11) is 0. The smallest absolute Gasteiger partial charge is 0.316 e. The lowest BCUT2D eigenvalue weighted by molar-refractivity contribution is 0.457. The van der Waals surface area contributed by atoms with E-state index in [1.807, 2.05) is 6.07 Å². The lowest BCUT2D eigenvalue weighted by Crippen LogP contribution is -2.22. The zero-order valence-electron chi connectivity index (χ0n) is 11.3. The Morgan fingerprint density at radius 1 is 1.05 bits per heavy atom. The van der Waals surface area contributed by atoms with E-state index in [1.54, 1.807) is 36.4 Å². The summed E-state index contributed by atoms with van der Waals surface area (Å²) in [5.74, 6) is 0.476. The molecule has 6 heteroatoms. The van der Waals surface area contributed by atoms with Crippen molar-refractivity contribution >= 4 is 11.6 Å². The summed E-state index contributed by atoms with van der Waals surface area (Å²) >= 11 is 6.02. The maximum Gasteiger partial charge on any atom is 0.316 e. The van der Waals surface area contributed by atoms with Crippen LogP contribution in [0.25, 0.3) is 5.69 Å². The van der Waals surface area contributed by atoms with Crippen molar-refractivity contribution in [3.63, 3.8) is 0 Å². The van der Waals surface area contributed by atoms with Crippen LogP contribution in [0.5, 0.6) is 17.2 Å². The third-order valence-corrected chi connectivity index (χ3v) is 3.22. The van der Waals surface area contributed by atoms with E-state index < -0.39 is 5.56 Å². The van der Waals surface area contributed by atoms with Gasteiger partial charge in [0.05, 0.1) is 11.9 Å². The number of phenols is 1. The second-order valence-electron chi connectivity index (χ2n) is 4.47. The van der Waals surface area contributed by atoms with Gasteiger partial charge in [0, 0.05) is 0 Å². The second-order valence-corrected chi connectivity index (χ2v) is 4.88. The molecule has 3 rings (SSSR count). The van der Waals surface area contributed by atoms with E-state index in [9.17, 15) is 9.90 Å². The number of para-hydroxylation sites is 1. The number of nitrogens with zero attached hydrogens (tertiary/aromatic N) is 2. The summed E-state index contributed by atoms with van der Waals surface area (Å²) in [4.78, 5) is 12.5. The number of ether oxygens (including phenoxy) is 1. The topological polar surface area (TPSA) is 64.3 Å². The highest BCUT2D eigenvalue weighted by atomic mass is 35.5. The van der Waals surface area contributed by atoms with E-state index in [-0.39, 0.29) is 16.5 Å². The number of hydrogen-bond acceptors (Lipinski definition) is 4. The SMILES string of the molecule is O=c1c(Oc2ccc(O)cc2)c(Cl)cnn1-c1ccccc1. The maximum atomic E-state index is 12.5. The first-order valence-electron chi connectivity index (χ1n) is 6.45. The van der Waals surface area contributed by atoms with Crippen molar-refractivity contribution in [3.8, 4) is 22.9 Å². The van der Waals surface area contributed by atoms with E-state index in [1.165, 1.54) is 23.0 Å². The van der Waals surface area contributed by atoms with Gasteiger partial charge in [0.15, 0.2) is 0 Å². The van der Waals surface area contributed by atoms with Crippen molar-refractivity contribution in [2.75, 3.05) is 0 Å². The van der Waals surface area contributed by atoms with Gasteiger partial charge in [0.25, 0.3) is 0 Å². The average Bonchev–Trinajstić information content (AvgIpc) is 2.54. The molecule has 0 fully saturated rings. The van der Waals surface area contributed by atoms with E-state index in [4.69, 9.17) is 16.3 Å². The van der Waals surface area contributed by atoms with Crippen molar-refractivity contribution < 1.29 is 9.84 Å². The fourth-order valence-corrected chi connectivity index (χ4v) is 2.06. The number of hydrogen-bond donors (Lipinski definition) is 1. The minimum absolute atomic E-state index is 0.0220. The molecule has 1 N–H and O–H groups in total. The lowest BCUT2D eigenvalue weighted by Gasteiger charge is -2.10. The highest BCUT2D eigenvalue weighted by molar-refractivity contribution is 6.31. The number of halogens is 1. The molecule has 0 saturated heterocycles. The van der Waals surface area contributed by atoms with Gasteiger partial charge in [-0.3, -0.25) is 4.79 Å². The van der Waals surface area contributed by atoms with Crippen LogP contribution in [-0.4, -0.2) is 14.9 Å². The Balaban J connectivity index is 2.04. The van der Waals surface area contributed by atoms with Crippen LogP contribution < -0.4 is 10.3 Å². The average molecular weight is 315 g/mol. The molecule has 0 radical (unpaired) electrons. The Morgan fingerprint density at radius 2 is 1.73 bits per heavy atom. The molecule has 0 saturated carbocycles. The molecule has 0 unspecified atom stereocenters. The molecule has 110 valence electrons. The number of phenolic OH excluding ortho intramolecular Hbond substituents is 1. The predicted octanol–water partition coefficient (Wildman–Crippen LogP) is 3.38. The first-order valence-corrected chi connectivity index (χ1v) is 6.83. The van der Waals surface area contributed by atoms with Gasteiger partial charge in [-0.15, -0.1) is 0 Å².